The summed E-state index contributed by atoms with van der Waals surface area (Å²) in [5.74, 6) is -0.0512. The number of β-amino-alcohol motifs (C(OH)–C–C–N with tert-alkyl or cyclic N) is 1. The highest BCUT2D eigenvalue weighted by atomic mass is 32.1. The van der Waals surface area contributed by atoms with Gasteiger partial charge in [0.25, 0.3) is 5.91 Å². The molecule has 0 saturated carbocycles. The Kier molecular flexibility index (Phi) is 3.17. The second-order valence-corrected chi connectivity index (χ2v) is 3.86. The summed E-state index contributed by atoms with van der Waals surface area (Å²) >= 11 is 5.21. The third kappa shape index (κ3) is 1.91. The van der Waals surface area contributed by atoms with Crippen LogP contribution < -0.4 is 4.90 Å². The molecule has 1 aliphatic heterocycles. The van der Waals surface area contributed by atoms with Gasteiger partial charge in [-0.05, 0) is 24.4 Å². The third-order valence-corrected chi connectivity index (χ3v) is 2.86. The van der Waals surface area contributed by atoms with Gasteiger partial charge >= 0.3 is 0 Å². The molecule has 0 aromatic heterocycles. The molecule has 1 fully saturated rings. The predicted molar refractivity (Wildman–Crippen MR) is 65.2 cm³/mol. The maximum atomic E-state index is 11.8. The molecule has 1 amide bonds. The van der Waals surface area contributed by atoms with Crippen molar-refractivity contribution in [2.45, 2.75) is 0 Å². The molecule has 1 aromatic rings. The molecule has 1 aliphatic rings. The topological polar surface area (TPSA) is 43.8 Å². The van der Waals surface area contributed by atoms with Crippen molar-refractivity contribution in [3.8, 4) is 0 Å². The molecule has 2 rings (SSSR count). The van der Waals surface area contributed by atoms with Crippen LogP contribution in [0.5, 0.6) is 0 Å². The zero-order valence-electron chi connectivity index (χ0n) is 8.67. The molecule has 0 radical (unpaired) electrons. The Morgan fingerprint density at radius 3 is 2.62 bits per heavy atom. The van der Waals surface area contributed by atoms with Gasteiger partial charge in [-0.25, -0.2) is 0 Å². The summed E-state index contributed by atoms with van der Waals surface area (Å²) in [6, 6.07) is 9.29. The Morgan fingerprint density at radius 1 is 1.31 bits per heavy atom. The fourth-order valence-corrected chi connectivity index (χ4v) is 2.04. The number of hydrogen-bond donors (Lipinski definition) is 1. The molecule has 1 heterocycles. The van der Waals surface area contributed by atoms with Gasteiger partial charge in [0.1, 0.15) is 6.54 Å². The second kappa shape index (κ2) is 4.59. The maximum absolute atomic E-state index is 11.8. The minimum Gasteiger partial charge on any atom is -0.395 e. The van der Waals surface area contributed by atoms with E-state index < -0.39 is 0 Å². The van der Waals surface area contributed by atoms with E-state index in [1.54, 1.807) is 4.90 Å². The first-order valence-electron chi connectivity index (χ1n) is 5.02. The molecule has 1 aromatic carbocycles. The van der Waals surface area contributed by atoms with Gasteiger partial charge in [-0.15, -0.1) is 0 Å². The van der Waals surface area contributed by atoms with Gasteiger partial charge in [-0.3, -0.25) is 9.69 Å². The van der Waals surface area contributed by atoms with Crippen molar-refractivity contribution in [3.63, 3.8) is 0 Å². The molecule has 0 spiro atoms. The lowest BCUT2D eigenvalue weighted by atomic mass is 10.3. The molecule has 16 heavy (non-hydrogen) atoms. The smallest absolute Gasteiger partial charge is 0.252 e. The third-order valence-electron chi connectivity index (χ3n) is 2.42. The van der Waals surface area contributed by atoms with Gasteiger partial charge in [-0.1, -0.05) is 18.2 Å². The number of carbonyl (C=O) groups is 1. The van der Waals surface area contributed by atoms with Crippen LogP contribution in [-0.4, -0.2) is 40.7 Å². The Morgan fingerprint density at radius 2 is 2.00 bits per heavy atom. The van der Waals surface area contributed by atoms with Crippen molar-refractivity contribution in [2.75, 3.05) is 24.6 Å². The highest BCUT2D eigenvalue weighted by molar-refractivity contribution is 7.80. The summed E-state index contributed by atoms with van der Waals surface area (Å²) in [7, 11) is 0. The number of hydrogen-bond acceptors (Lipinski definition) is 3. The van der Waals surface area contributed by atoms with E-state index in [9.17, 15) is 4.79 Å². The van der Waals surface area contributed by atoms with E-state index in [-0.39, 0.29) is 19.1 Å². The lowest BCUT2D eigenvalue weighted by Crippen LogP contribution is -2.34. The van der Waals surface area contributed by atoms with Gasteiger partial charge in [0.05, 0.1) is 12.3 Å². The number of amides is 1. The number of rotatable bonds is 3. The van der Waals surface area contributed by atoms with Crippen LogP contribution in [-0.2, 0) is 4.79 Å². The molecule has 0 atom stereocenters. The molecule has 1 saturated heterocycles. The van der Waals surface area contributed by atoms with Crippen LogP contribution in [0.15, 0.2) is 30.3 Å². The number of benzene rings is 1. The minimum atomic E-state index is -0.0512. The minimum absolute atomic E-state index is 0.00392. The Labute approximate surface area is 99.1 Å². The standard InChI is InChI=1S/C11H12N2O2S/c14-7-6-12-8-10(15)13(11(12)16)9-4-2-1-3-5-9/h1-5,14H,6-8H2. The van der Waals surface area contributed by atoms with E-state index in [2.05, 4.69) is 0 Å². The summed E-state index contributed by atoms with van der Waals surface area (Å²) < 4.78 is 0. The molecule has 0 bridgehead atoms. The van der Waals surface area contributed by atoms with Crippen LogP contribution in [0, 0.1) is 0 Å². The summed E-state index contributed by atoms with van der Waals surface area (Å²) in [6.45, 7) is 0.637. The number of para-hydroxylation sites is 1. The monoisotopic (exact) mass is 236 g/mol. The first-order chi connectivity index (χ1) is 7.74. The average Bonchev–Trinajstić information content (AvgIpc) is 2.56. The van der Waals surface area contributed by atoms with Crippen LogP contribution in [0.4, 0.5) is 5.69 Å². The second-order valence-electron chi connectivity index (χ2n) is 3.49. The highest BCUT2D eigenvalue weighted by Crippen LogP contribution is 2.20. The summed E-state index contributed by atoms with van der Waals surface area (Å²) in [6.07, 6.45) is 0. The zero-order chi connectivity index (χ0) is 11.5. The Balaban J connectivity index is 2.23. The number of nitrogens with zero attached hydrogens (tertiary/aromatic N) is 2. The summed E-state index contributed by atoms with van der Waals surface area (Å²) in [5, 5.41) is 9.32. The molecule has 0 unspecified atom stereocenters. The van der Waals surface area contributed by atoms with E-state index in [1.165, 1.54) is 4.90 Å². The molecule has 4 nitrogen and oxygen atoms in total. The van der Waals surface area contributed by atoms with Crippen molar-refractivity contribution in [2.24, 2.45) is 0 Å². The van der Waals surface area contributed by atoms with Crippen molar-refractivity contribution >= 4 is 28.9 Å². The lowest BCUT2D eigenvalue weighted by molar-refractivity contribution is -0.116. The van der Waals surface area contributed by atoms with Crippen molar-refractivity contribution in [1.82, 2.24) is 4.90 Å². The van der Waals surface area contributed by atoms with E-state index in [0.717, 1.165) is 5.69 Å². The summed E-state index contributed by atoms with van der Waals surface area (Å²) in [4.78, 5) is 15.0. The zero-order valence-corrected chi connectivity index (χ0v) is 9.48. The highest BCUT2D eigenvalue weighted by Gasteiger charge is 2.33. The van der Waals surface area contributed by atoms with Crippen LogP contribution in [0.1, 0.15) is 0 Å². The quantitative estimate of drug-likeness (QED) is 0.781. The van der Waals surface area contributed by atoms with Gasteiger partial charge in [0, 0.05) is 6.54 Å². The van der Waals surface area contributed by atoms with E-state index in [0.29, 0.717) is 11.7 Å². The van der Waals surface area contributed by atoms with Gasteiger partial charge in [-0.2, -0.15) is 0 Å². The number of carbonyl (C=O) groups excluding carboxylic acids is 1. The van der Waals surface area contributed by atoms with E-state index in [4.69, 9.17) is 17.3 Å². The maximum Gasteiger partial charge on any atom is 0.252 e. The normalized spacial score (nSPS) is 16.1. The van der Waals surface area contributed by atoms with Gasteiger partial charge < -0.3 is 10.0 Å². The first-order valence-corrected chi connectivity index (χ1v) is 5.42. The fourth-order valence-electron chi connectivity index (χ4n) is 1.68. The van der Waals surface area contributed by atoms with Crippen LogP contribution >= 0.6 is 12.2 Å². The van der Waals surface area contributed by atoms with Crippen LogP contribution in [0.2, 0.25) is 0 Å². The molecular formula is C11H12N2O2S. The first kappa shape index (κ1) is 11.0. The molecule has 0 aliphatic carbocycles. The Bertz CT molecular complexity index is 408. The van der Waals surface area contributed by atoms with Crippen LogP contribution in [0.3, 0.4) is 0 Å². The average molecular weight is 236 g/mol. The lowest BCUT2D eigenvalue weighted by Gasteiger charge is -2.19. The van der Waals surface area contributed by atoms with Gasteiger partial charge in [0.2, 0.25) is 0 Å². The number of aliphatic hydroxyl groups excluding tert-OH is 1. The molecule has 5 heteroatoms. The molecular weight excluding hydrogens is 224 g/mol. The molecule has 1 N–H and O–H groups in total. The number of anilines is 1. The largest absolute Gasteiger partial charge is 0.395 e. The Hall–Kier alpha value is -1.46. The number of aliphatic hydroxyl groups is 1. The van der Waals surface area contributed by atoms with Crippen LogP contribution in [0.25, 0.3) is 0 Å². The summed E-state index contributed by atoms with van der Waals surface area (Å²) in [5.41, 5.74) is 0.776. The van der Waals surface area contributed by atoms with Crippen molar-refractivity contribution in [1.29, 1.82) is 0 Å². The fraction of sp³-hybridized carbons (Fsp3) is 0.273. The van der Waals surface area contributed by atoms with Crippen molar-refractivity contribution < 1.29 is 9.90 Å². The van der Waals surface area contributed by atoms with Gasteiger partial charge in [0.15, 0.2) is 5.11 Å². The SMILES string of the molecule is O=C1CN(CCO)C(=S)N1c1ccccc1. The number of thiocarbonyl (C=S) groups is 1. The van der Waals surface area contributed by atoms with E-state index >= 15 is 0 Å². The van der Waals surface area contributed by atoms with Crippen molar-refractivity contribution in [3.05, 3.63) is 30.3 Å². The van der Waals surface area contributed by atoms with E-state index in [1.807, 2.05) is 30.3 Å². The predicted octanol–water partition coefficient (Wildman–Crippen LogP) is 0.612. The molecule has 84 valence electrons.